The van der Waals surface area contributed by atoms with E-state index in [1.165, 1.54) is 56.2 Å². The average Bonchev–Trinajstić information content (AvgIpc) is 2.85. The van der Waals surface area contributed by atoms with E-state index in [9.17, 15) is 0 Å². The monoisotopic (exact) mass is 245 g/mol. The SMILES string of the molecule is NNC(C1CCCCC1)C1CCc2cccnc21. The molecule has 1 aromatic heterocycles. The molecule has 2 atom stereocenters. The quantitative estimate of drug-likeness (QED) is 0.635. The third kappa shape index (κ3) is 2.17. The summed E-state index contributed by atoms with van der Waals surface area (Å²) >= 11 is 0. The van der Waals surface area contributed by atoms with Gasteiger partial charge in [-0.1, -0.05) is 25.3 Å². The van der Waals surface area contributed by atoms with Crippen molar-refractivity contribution in [3.05, 3.63) is 29.6 Å². The van der Waals surface area contributed by atoms with Crippen molar-refractivity contribution in [3.63, 3.8) is 0 Å². The predicted octanol–water partition coefficient (Wildman–Crippen LogP) is 2.52. The summed E-state index contributed by atoms with van der Waals surface area (Å²) in [7, 11) is 0. The number of nitrogens with one attached hydrogen (secondary N) is 1. The lowest BCUT2D eigenvalue weighted by atomic mass is 9.78. The molecule has 0 amide bonds. The molecule has 3 N–H and O–H groups in total. The molecule has 1 aromatic rings. The Morgan fingerprint density at radius 2 is 2.06 bits per heavy atom. The van der Waals surface area contributed by atoms with Crippen LogP contribution in [0, 0.1) is 5.92 Å². The third-order valence-corrected chi connectivity index (χ3v) is 4.79. The largest absolute Gasteiger partial charge is 0.271 e. The smallest absolute Gasteiger partial charge is 0.0482 e. The second-order valence-corrected chi connectivity index (χ2v) is 5.78. The molecule has 1 fully saturated rings. The zero-order chi connectivity index (χ0) is 12.4. The summed E-state index contributed by atoms with van der Waals surface area (Å²) in [4.78, 5) is 4.61. The Labute approximate surface area is 109 Å². The number of fused-ring (bicyclic) bond motifs is 1. The maximum Gasteiger partial charge on any atom is 0.0482 e. The number of hydrazine groups is 1. The van der Waals surface area contributed by atoms with E-state index in [1.807, 2.05) is 12.3 Å². The first-order chi connectivity index (χ1) is 8.90. The number of rotatable bonds is 3. The highest BCUT2D eigenvalue weighted by Crippen LogP contribution is 2.39. The number of hydrogen-bond donors (Lipinski definition) is 2. The fourth-order valence-electron chi connectivity index (χ4n) is 3.87. The summed E-state index contributed by atoms with van der Waals surface area (Å²) in [6.45, 7) is 0. The molecule has 2 aliphatic carbocycles. The Kier molecular flexibility index (Phi) is 3.62. The molecule has 98 valence electrons. The van der Waals surface area contributed by atoms with Crippen LogP contribution in [0.2, 0.25) is 0 Å². The van der Waals surface area contributed by atoms with Crippen LogP contribution in [-0.2, 0) is 6.42 Å². The minimum absolute atomic E-state index is 0.418. The van der Waals surface area contributed by atoms with Crippen molar-refractivity contribution in [2.75, 3.05) is 0 Å². The zero-order valence-electron chi connectivity index (χ0n) is 10.9. The summed E-state index contributed by atoms with van der Waals surface area (Å²) in [5, 5.41) is 0. The van der Waals surface area contributed by atoms with E-state index in [4.69, 9.17) is 5.84 Å². The van der Waals surface area contributed by atoms with E-state index in [0.717, 1.165) is 5.92 Å². The maximum absolute atomic E-state index is 5.86. The van der Waals surface area contributed by atoms with E-state index in [0.29, 0.717) is 12.0 Å². The van der Waals surface area contributed by atoms with Gasteiger partial charge in [-0.05, 0) is 43.2 Å². The predicted molar refractivity (Wildman–Crippen MR) is 73.0 cm³/mol. The van der Waals surface area contributed by atoms with Gasteiger partial charge in [0.2, 0.25) is 0 Å². The van der Waals surface area contributed by atoms with E-state index in [-0.39, 0.29) is 0 Å². The standard InChI is InChI=1S/C15H23N3/c16-18-15(11-5-2-1-3-6-11)13-9-8-12-7-4-10-17-14(12)13/h4,7,10-11,13,15,18H,1-3,5-6,8-9,16H2. The molecule has 0 bridgehead atoms. The van der Waals surface area contributed by atoms with Gasteiger partial charge in [0, 0.05) is 23.9 Å². The molecule has 3 nitrogen and oxygen atoms in total. The van der Waals surface area contributed by atoms with Gasteiger partial charge in [-0.2, -0.15) is 0 Å². The molecule has 18 heavy (non-hydrogen) atoms. The highest BCUT2D eigenvalue weighted by molar-refractivity contribution is 5.30. The van der Waals surface area contributed by atoms with Crippen LogP contribution < -0.4 is 11.3 Å². The van der Waals surface area contributed by atoms with Crippen molar-refractivity contribution in [3.8, 4) is 0 Å². The van der Waals surface area contributed by atoms with Crippen LogP contribution in [0.1, 0.15) is 55.7 Å². The number of aromatic nitrogens is 1. The molecule has 0 spiro atoms. The van der Waals surface area contributed by atoms with Crippen molar-refractivity contribution in [1.29, 1.82) is 0 Å². The highest BCUT2D eigenvalue weighted by Gasteiger charge is 2.35. The van der Waals surface area contributed by atoms with E-state index in [1.54, 1.807) is 0 Å². The zero-order valence-corrected chi connectivity index (χ0v) is 10.9. The van der Waals surface area contributed by atoms with Crippen LogP contribution in [0.3, 0.4) is 0 Å². The first kappa shape index (κ1) is 12.1. The van der Waals surface area contributed by atoms with Gasteiger partial charge in [0.25, 0.3) is 0 Å². The van der Waals surface area contributed by atoms with Gasteiger partial charge in [-0.25, -0.2) is 0 Å². The maximum atomic E-state index is 5.86. The Balaban J connectivity index is 1.80. The first-order valence-electron chi connectivity index (χ1n) is 7.30. The average molecular weight is 245 g/mol. The minimum atomic E-state index is 0.418. The van der Waals surface area contributed by atoms with E-state index >= 15 is 0 Å². The Morgan fingerprint density at radius 1 is 1.22 bits per heavy atom. The van der Waals surface area contributed by atoms with Gasteiger partial charge in [0.1, 0.15) is 0 Å². The first-order valence-corrected chi connectivity index (χ1v) is 7.30. The number of nitrogens with two attached hydrogens (primary N) is 1. The molecule has 0 radical (unpaired) electrons. The second kappa shape index (κ2) is 5.37. The molecule has 3 heteroatoms. The molecular weight excluding hydrogens is 222 g/mol. The lowest BCUT2D eigenvalue weighted by molar-refractivity contribution is 0.238. The van der Waals surface area contributed by atoms with Crippen molar-refractivity contribution >= 4 is 0 Å². The Bertz CT molecular complexity index is 398. The number of nitrogens with zero attached hydrogens (tertiary/aromatic N) is 1. The van der Waals surface area contributed by atoms with Gasteiger partial charge in [-0.3, -0.25) is 16.3 Å². The lowest BCUT2D eigenvalue weighted by Crippen LogP contribution is -2.45. The molecule has 1 heterocycles. The Hall–Kier alpha value is -0.930. The van der Waals surface area contributed by atoms with Crippen LogP contribution in [-0.4, -0.2) is 11.0 Å². The minimum Gasteiger partial charge on any atom is -0.271 e. The summed E-state index contributed by atoms with van der Waals surface area (Å²) in [6.07, 6.45) is 11.1. The highest BCUT2D eigenvalue weighted by atomic mass is 15.2. The van der Waals surface area contributed by atoms with Gasteiger partial charge in [0.15, 0.2) is 0 Å². The Morgan fingerprint density at radius 3 is 2.83 bits per heavy atom. The van der Waals surface area contributed by atoms with Crippen LogP contribution in [0.15, 0.2) is 18.3 Å². The van der Waals surface area contributed by atoms with Crippen LogP contribution in [0.25, 0.3) is 0 Å². The number of aryl methyl sites for hydroxylation is 1. The van der Waals surface area contributed by atoms with Crippen LogP contribution in [0.4, 0.5) is 0 Å². The second-order valence-electron chi connectivity index (χ2n) is 5.78. The fraction of sp³-hybridized carbons (Fsp3) is 0.667. The summed E-state index contributed by atoms with van der Waals surface area (Å²) in [6, 6.07) is 4.69. The normalized spacial score (nSPS) is 25.9. The number of pyridine rings is 1. The van der Waals surface area contributed by atoms with Crippen molar-refractivity contribution < 1.29 is 0 Å². The summed E-state index contributed by atoms with van der Waals surface area (Å²) in [5.41, 5.74) is 5.84. The van der Waals surface area contributed by atoms with Gasteiger partial charge >= 0.3 is 0 Å². The molecule has 2 aliphatic rings. The van der Waals surface area contributed by atoms with Gasteiger partial charge in [0.05, 0.1) is 0 Å². The molecule has 0 aromatic carbocycles. The van der Waals surface area contributed by atoms with Crippen molar-refractivity contribution in [2.24, 2.45) is 11.8 Å². The number of hydrogen-bond acceptors (Lipinski definition) is 3. The van der Waals surface area contributed by atoms with Crippen LogP contribution in [0.5, 0.6) is 0 Å². The molecule has 1 saturated carbocycles. The van der Waals surface area contributed by atoms with Crippen molar-refractivity contribution in [2.45, 2.75) is 56.9 Å². The van der Waals surface area contributed by atoms with Crippen LogP contribution >= 0.6 is 0 Å². The van der Waals surface area contributed by atoms with E-state index < -0.39 is 0 Å². The van der Waals surface area contributed by atoms with Gasteiger partial charge in [-0.15, -0.1) is 0 Å². The molecule has 2 unspecified atom stereocenters. The van der Waals surface area contributed by atoms with E-state index in [2.05, 4.69) is 16.5 Å². The fourth-order valence-corrected chi connectivity index (χ4v) is 3.87. The summed E-state index contributed by atoms with van der Waals surface area (Å²) < 4.78 is 0. The molecule has 0 saturated heterocycles. The molecule has 0 aliphatic heterocycles. The lowest BCUT2D eigenvalue weighted by Gasteiger charge is -2.33. The molecule has 3 rings (SSSR count). The topological polar surface area (TPSA) is 50.9 Å². The molecular formula is C15H23N3. The van der Waals surface area contributed by atoms with Gasteiger partial charge < -0.3 is 0 Å². The van der Waals surface area contributed by atoms with Crippen molar-refractivity contribution in [1.82, 2.24) is 10.4 Å². The third-order valence-electron chi connectivity index (χ3n) is 4.79. The summed E-state index contributed by atoms with van der Waals surface area (Å²) in [5.74, 6) is 7.12.